The van der Waals surface area contributed by atoms with Crippen LogP contribution in [0.5, 0.6) is 0 Å². The van der Waals surface area contributed by atoms with Crippen molar-refractivity contribution in [2.45, 2.75) is 19.3 Å². The lowest BCUT2D eigenvalue weighted by atomic mass is 10.1. The molecule has 0 unspecified atom stereocenters. The van der Waals surface area contributed by atoms with E-state index in [-0.39, 0.29) is 29.8 Å². The molecule has 1 saturated heterocycles. The van der Waals surface area contributed by atoms with Gasteiger partial charge in [-0.05, 0) is 29.9 Å². The molecule has 1 atom stereocenters. The Kier molecular flexibility index (Phi) is 4.96. The summed E-state index contributed by atoms with van der Waals surface area (Å²) in [6, 6.07) is 7.89. The van der Waals surface area contributed by atoms with Crippen LogP contribution in [0.4, 0.5) is 0 Å². The largest absolute Gasteiger partial charge is 0.356 e. The molecule has 0 aliphatic carbocycles. The quantitative estimate of drug-likeness (QED) is 0.678. The van der Waals surface area contributed by atoms with E-state index in [0.717, 1.165) is 21.9 Å². The van der Waals surface area contributed by atoms with Crippen molar-refractivity contribution >= 4 is 32.7 Å². The summed E-state index contributed by atoms with van der Waals surface area (Å²) in [6.07, 6.45) is 3.35. The number of nitrogens with zero attached hydrogens (tertiary/aromatic N) is 3. The van der Waals surface area contributed by atoms with Crippen LogP contribution >= 0.6 is 11.3 Å². The van der Waals surface area contributed by atoms with E-state index in [1.165, 1.54) is 0 Å². The van der Waals surface area contributed by atoms with Crippen LogP contribution < -0.4 is 5.32 Å². The van der Waals surface area contributed by atoms with Crippen molar-refractivity contribution < 1.29 is 13.2 Å². The summed E-state index contributed by atoms with van der Waals surface area (Å²) in [5.41, 5.74) is 2.55. The number of fused-ring (bicyclic) bond motifs is 1. The first-order chi connectivity index (χ1) is 13.0. The summed E-state index contributed by atoms with van der Waals surface area (Å²) < 4.78 is 24.7. The van der Waals surface area contributed by atoms with Crippen LogP contribution in [-0.2, 0) is 21.1 Å². The number of carbonyl (C=O) groups excluding carboxylic acids is 1. The van der Waals surface area contributed by atoms with Gasteiger partial charge in [0.1, 0.15) is 0 Å². The van der Waals surface area contributed by atoms with Gasteiger partial charge in [-0.3, -0.25) is 4.79 Å². The van der Waals surface area contributed by atoms with Crippen LogP contribution in [0.3, 0.4) is 0 Å². The Morgan fingerprint density at radius 2 is 2.26 bits per heavy atom. The van der Waals surface area contributed by atoms with Gasteiger partial charge < -0.3 is 5.32 Å². The molecular formula is C18H20N4O3S2. The average molecular weight is 405 g/mol. The van der Waals surface area contributed by atoms with Crippen LogP contribution in [0, 0.1) is 5.92 Å². The molecule has 1 fully saturated rings. The van der Waals surface area contributed by atoms with Gasteiger partial charge in [0.15, 0.2) is 15.5 Å². The Balaban J connectivity index is 1.32. The molecule has 0 radical (unpaired) electrons. The number of amides is 1. The van der Waals surface area contributed by atoms with Crippen LogP contribution in [0.1, 0.15) is 18.5 Å². The molecular weight excluding hydrogens is 384 g/mol. The Morgan fingerprint density at radius 1 is 1.37 bits per heavy atom. The van der Waals surface area contributed by atoms with Crippen LogP contribution in [-0.4, -0.2) is 47.0 Å². The van der Waals surface area contributed by atoms with Gasteiger partial charge >= 0.3 is 0 Å². The van der Waals surface area contributed by atoms with Gasteiger partial charge in [0.25, 0.3) is 0 Å². The Hall–Kier alpha value is -2.26. The standard InChI is InChI=1S/C18H20N4O3S2/c23-18(10-13-5-9-27(24,25)12-13)19-6-3-14-11-17-20-15(4-7-22(17)21-14)16-2-1-8-26-16/h1-2,4,7-8,11,13H,3,5-6,9-10,12H2,(H,19,23)/t13-/m0/s1. The summed E-state index contributed by atoms with van der Waals surface area (Å²) in [5, 5.41) is 9.36. The van der Waals surface area contributed by atoms with Crippen molar-refractivity contribution in [3.8, 4) is 10.6 Å². The summed E-state index contributed by atoms with van der Waals surface area (Å²) in [7, 11) is -2.94. The third-order valence-corrected chi connectivity index (χ3v) is 7.38. The summed E-state index contributed by atoms with van der Waals surface area (Å²) in [4.78, 5) is 17.7. The second kappa shape index (κ2) is 7.40. The first kappa shape index (κ1) is 18.1. The molecule has 27 heavy (non-hydrogen) atoms. The molecule has 4 heterocycles. The van der Waals surface area contributed by atoms with Crippen molar-refractivity contribution in [3.63, 3.8) is 0 Å². The van der Waals surface area contributed by atoms with Gasteiger partial charge in [-0.25, -0.2) is 17.9 Å². The second-order valence-electron chi connectivity index (χ2n) is 6.80. The topological polar surface area (TPSA) is 93.4 Å². The fourth-order valence-electron chi connectivity index (χ4n) is 3.31. The molecule has 0 saturated carbocycles. The van der Waals surface area contributed by atoms with E-state index >= 15 is 0 Å². The lowest BCUT2D eigenvalue weighted by molar-refractivity contribution is -0.121. The maximum Gasteiger partial charge on any atom is 0.220 e. The Labute approximate surface area is 161 Å². The molecule has 1 N–H and O–H groups in total. The van der Waals surface area contributed by atoms with Gasteiger partial charge in [-0.1, -0.05) is 6.07 Å². The molecule has 0 spiro atoms. The third-order valence-electron chi connectivity index (χ3n) is 4.65. The Morgan fingerprint density at radius 3 is 3.00 bits per heavy atom. The number of hydrogen-bond donors (Lipinski definition) is 1. The first-order valence-corrected chi connectivity index (χ1v) is 11.5. The van der Waals surface area contributed by atoms with E-state index < -0.39 is 9.84 Å². The minimum absolute atomic E-state index is 0.0509. The molecule has 1 aliphatic heterocycles. The van der Waals surface area contributed by atoms with Crippen molar-refractivity contribution in [2.75, 3.05) is 18.1 Å². The highest BCUT2D eigenvalue weighted by molar-refractivity contribution is 7.91. The van der Waals surface area contributed by atoms with Crippen molar-refractivity contribution in [1.82, 2.24) is 19.9 Å². The number of aromatic nitrogens is 3. The van der Waals surface area contributed by atoms with Gasteiger partial charge in [-0.15, -0.1) is 11.3 Å². The zero-order valence-electron chi connectivity index (χ0n) is 14.7. The lowest BCUT2D eigenvalue weighted by Crippen LogP contribution is -2.28. The van der Waals surface area contributed by atoms with E-state index in [0.29, 0.717) is 19.4 Å². The molecule has 0 aromatic carbocycles. The van der Waals surface area contributed by atoms with E-state index in [2.05, 4.69) is 15.4 Å². The maximum atomic E-state index is 12.0. The summed E-state index contributed by atoms with van der Waals surface area (Å²) in [5.74, 6) is 0.182. The van der Waals surface area contributed by atoms with E-state index in [9.17, 15) is 13.2 Å². The number of thiophene rings is 1. The SMILES string of the molecule is O=C(C[C@@H]1CCS(=O)(=O)C1)NCCc1cc2nc(-c3cccs3)ccn2n1. The first-order valence-electron chi connectivity index (χ1n) is 8.85. The Bertz CT molecular complexity index is 1060. The number of hydrogen-bond acceptors (Lipinski definition) is 6. The molecule has 7 nitrogen and oxygen atoms in total. The van der Waals surface area contributed by atoms with Gasteiger partial charge in [0.05, 0.1) is 27.8 Å². The number of rotatable bonds is 6. The molecule has 4 rings (SSSR count). The lowest BCUT2D eigenvalue weighted by Gasteiger charge is -2.07. The molecule has 1 aliphatic rings. The maximum absolute atomic E-state index is 12.0. The molecule has 3 aromatic heterocycles. The molecule has 0 bridgehead atoms. The fraction of sp³-hybridized carbons (Fsp3) is 0.389. The van der Waals surface area contributed by atoms with E-state index in [4.69, 9.17) is 0 Å². The zero-order chi connectivity index (χ0) is 18.9. The predicted octanol–water partition coefficient (Wildman–Crippen LogP) is 1.94. The normalized spacial score (nSPS) is 18.7. The fourth-order valence-corrected chi connectivity index (χ4v) is 5.87. The second-order valence-corrected chi connectivity index (χ2v) is 9.98. The predicted molar refractivity (Wildman–Crippen MR) is 104 cm³/mol. The highest BCUT2D eigenvalue weighted by Gasteiger charge is 2.29. The summed E-state index contributed by atoms with van der Waals surface area (Å²) in [6.45, 7) is 0.472. The monoisotopic (exact) mass is 404 g/mol. The van der Waals surface area contributed by atoms with E-state index in [1.807, 2.05) is 35.8 Å². The molecule has 142 valence electrons. The number of sulfone groups is 1. The van der Waals surface area contributed by atoms with Crippen LogP contribution in [0.15, 0.2) is 35.8 Å². The highest BCUT2D eigenvalue weighted by Crippen LogP contribution is 2.23. The minimum atomic E-state index is -2.94. The van der Waals surface area contributed by atoms with Crippen molar-refractivity contribution in [3.05, 3.63) is 41.5 Å². The van der Waals surface area contributed by atoms with Gasteiger partial charge in [-0.2, -0.15) is 5.10 Å². The molecule has 3 aromatic rings. The molecule has 9 heteroatoms. The van der Waals surface area contributed by atoms with Gasteiger partial charge in [0.2, 0.25) is 5.91 Å². The van der Waals surface area contributed by atoms with Crippen molar-refractivity contribution in [2.24, 2.45) is 5.92 Å². The minimum Gasteiger partial charge on any atom is -0.356 e. The number of carbonyl (C=O) groups is 1. The van der Waals surface area contributed by atoms with Gasteiger partial charge in [0, 0.05) is 31.6 Å². The molecule has 1 amide bonds. The van der Waals surface area contributed by atoms with Crippen LogP contribution in [0.25, 0.3) is 16.2 Å². The highest BCUT2D eigenvalue weighted by atomic mass is 32.2. The smallest absolute Gasteiger partial charge is 0.220 e. The zero-order valence-corrected chi connectivity index (χ0v) is 16.3. The van der Waals surface area contributed by atoms with Crippen LogP contribution in [0.2, 0.25) is 0 Å². The number of nitrogens with one attached hydrogen (secondary N) is 1. The third kappa shape index (κ3) is 4.36. The van der Waals surface area contributed by atoms with E-state index in [1.54, 1.807) is 15.9 Å². The summed E-state index contributed by atoms with van der Waals surface area (Å²) >= 11 is 1.64. The van der Waals surface area contributed by atoms with Crippen molar-refractivity contribution in [1.29, 1.82) is 0 Å². The average Bonchev–Trinajstić information content (AvgIpc) is 3.33.